The molecule has 1 aliphatic rings. The van der Waals surface area contributed by atoms with Crippen molar-refractivity contribution in [1.29, 1.82) is 0 Å². The Morgan fingerprint density at radius 2 is 1.73 bits per heavy atom. The maximum Gasteiger partial charge on any atom is 0.264 e. The van der Waals surface area contributed by atoms with E-state index in [1.807, 2.05) is 52.7 Å². The Morgan fingerprint density at radius 3 is 2.40 bits per heavy atom. The summed E-state index contributed by atoms with van der Waals surface area (Å²) in [4.78, 5) is 29.9. The maximum atomic E-state index is 12.5. The number of hydrogen-bond acceptors (Lipinski definition) is 4. The van der Waals surface area contributed by atoms with Gasteiger partial charge >= 0.3 is 0 Å². The highest BCUT2D eigenvalue weighted by Gasteiger charge is 2.23. The first-order valence-electron chi connectivity index (χ1n) is 9.45. The van der Waals surface area contributed by atoms with Gasteiger partial charge in [0.05, 0.1) is 15.5 Å². The van der Waals surface area contributed by atoms with Gasteiger partial charge in [0.1, 0.15) is 0 Å². The molecule has 154 valence electrons. The molecule has 4 rings (SSSR count). The highest BCUT2D eigenvalue weighted by molar-refractivity contribution is 14.1. The molecule has 1 aliphatic heterocycles. The lowest BCUT2D eigenvalue weighted by atomic mass is 10.2. The molecule has 0 radical (unpaired) electrons. The monoisotopic (exact) mass is 551 g/mol. The molecule has 3 aromatic rings. The number of halogens is 2. The van der Waals surface area contributed by atoms with Crippen LogP contribution in [0.2, 0.25) is 5.02 Å². The van der Waals surface area contributed by atoms with E-state index in [0.29, 0.717) is 29.4 Å². The molecule has 0 aliphatic carbocycles. The molecule has 0 atom stereocenters. The third-order valence-electron chi connectivity index (χ3n) is 4.96. The van der Waals surface area contributed by atoms with Crippen molar-refractivity contribution in [3.05, 3.63) is 79.0 Å². The van der Waals surface area contributed by atoms with Gasteiger partial charge in [0, 0.05) is 41.1 Å². The summed E-state index contributed by atoms with van der Waals surface area (Å²) >= 11 is 9.79. The summed E-state index contributed by atoms with van der Waals surface area (Å²) in [5.74, 6) is -0.121. The highest BCUT2D eigenvalue weighted by Crippen LogP contribution is 2.23. The van der Waals surface area contributed by atoms with E-state index < -0.39 is 0 Å². The van der Waals surface area contributed by atoms with Gasteiger partial charge in [-0.25, -0.2) is 0 Å². The van der Waals surface area contributed by atoms with Crippen molar-refractivity contribution in [3.8, 4) is 0 Å². The van der Waals surface area contributed by atoms with Gasteiger partial charge in [0.15, 0.2) is 0 Å². The number of benzene rings is 2. The Bertz CT molecular complexity index is 1050. The molecule has 5 nitrogen and oxygen atoms in total. The maximum absolute atomic E-state index is 12.5. The molecule has 0 saturated carbocycles. The van der Waals surface area contributed by atoms with Gasteiger partial charge < -0.3 is 15.1 Å². The van der Waals surface area contributed by atoms with Crippen molar-refractivity contribution in [3.63, 3.8) is 0 Å². The van der Waals surface area contributed by atoms with Crippen molar-refractivity contribution in [2.24, 2.45) is 0 Å². The van der Waals surface area contributed by atoms with Crippen LogP contribution >= 0.6 is 45.5 Å². The SMILES string of the molecule is O=C(Nc1ccc(N2CCN(C(=O)c3cccs3)CC2)cc1)c1cc(I)ccc1Cl. The van der Waals surface area contributed by atoms with Crippen molar-refractivity contribution in [1.82, 2.24) is 4.90 Å². The summed E-state index contributed by atoms with van der Waals surface area (Å²) in [6, 6.07) is 16.9. The molecule has 8 heteroatoms. The first kappa shape index (κ1) is 21.1. The number of anilines is 2. The molecule has 1 aromatic heterocycles. The summed E-state index contributed by atoms with van der Waals surface area (Å²) in [5.41, 5.74) is 2.24. The molecule has 1 N–H and O–H groups in total. The summed E-state index contributed by atoms with van der Waals surface area (Å²) in [6.45, 7) is 2.95. The minimum Gasteiger partial charge on any atom is -0.368 e. The van der Waals surface area contributed by atoms with E-state index in [1.54, 1.807) is 12.1 Å². The predicted molar refractivity (Wildman–Crippen MR) is 131 cm³/mol. The minimum atomic E-state index is -0.230. The van der Waals surface area contributed by atoms with Crippen LogP contribution in [-0.2, 0) is 0 Å². The van der Waals surface area contributed by atoms with Gasteiger partial charge in [0.25, 0.3) is 11.8 Å². The molecular weight excluding hydrogens is 533 g/mol. The van der Waals surface area contributed by atoms with Crippen LogP contribution in [0.25, 0.3) is 0 Å². The molecule has 30 heavy (non-hydrogen) atoms. The van der Waals surface area contributed by atoms with Crippen LogP contribution in [-0.4, -0.2) is 42.9 Å². The normalized spacial score (nSPS) is 13.9. The van der Waals surface area contributed by atoms with Gasteiger partial charge in [-0.05, 0) is 76.5 Å². The van der Waals surface area contributed by atoms with Crippen LogP contribution in [0.4, 0.5) is 11.4 Å². The van der Waals surface area contributed by atoms with E-state index in [1.165, 1.54) is 11.3 Å². The smallest absolute Gasteiger partial charge is 0.264 e. The van der Waals surface area contributed by atoms with Gasteiger partial charge in [-0.1, -0.05) is 17.7 Å². The van der Waals surface area contributed by atoms with Gasteiger partial charge in [-0.2, -0.15) is 0 Å². The Labute approximate surface area is 197 Å². The fourth-order valence-electron chi connectivity index (χ4n) is 3.35. The Morgan fingerprint density at radius 1 is 1.00 bits per heavy atom. The van der Waals surface area contributed by atoms with Crippen LogP contribution < -0.4 is 10.2 Å². The minimum absolute atomic E-state index is 0.108. The van der Waals surface area contributed by atoms with Crippen LogP contribution in [0.5, 0.6) is 0 Å². The first-order chi connectivity index (χ1) is 14.5. The number of carbonyl (C=O) groups excluding carboxylic acids is 2. The zero-order valence-electron chi connectivity index (χ0n) is 16.0. The van der Waals surface area contributed by atoms with Crippen LogP contribution in [0.15, 0.2) is 60.0 Å². The number of nitrogens with one attached hydrogen (secondary N) is 1. The second kappa shape index (κ2) is 9.36. The lowest BCUT2D eigenvalue weighted by Gasteiger charge is -2.36. The number of carbonyl (C=O) groups is 2. The van der Waals surface area contributed by atoms with E-state index in [9.17, 15) is 9.59 Å². The quantitative estimate of drug-likeness (QED) is 0.453. The number of thiophene rings is 1. The third-order valence-corrected chi connectivity index (χ3v) is 6.82. The standard InChI is InChI=1S/C22H19ClIN3O2S/c23-19-8-3-15(24)14-18(19)21(28)25-16-4-6-17(7-5-16)26-9-11-27(12-10-26)22(29)20-2-1-13-30-20/h1-8,13-14H,9-12H2,(H,25,28). The molecule has 2 aromatic carbocycles. The fourth-order valence-corrected chi connectivity index (χ4v) is 4.73. The van der Waals surface area contributed by atoms with E-state index in [0.717, 1.165) is 27.2 Å². The number of rotatable bonds is 4. The number of amides is 2. The molecule has 2 amide bonds. The van der Waals surface area contributed by atoms with E-state index in [4.69, 9.17) is 11.6 Å². The molecule has 0 spiro atoms. The van der Waals surface area contributed by atoms with Crippen LogP contribution in [0.1, 0.15) is 20.0 Å². The lowest BCUT2D eigenvalue weighted by Crippen LogP contribution is -2.48. The van der Waals surface area contributed by atoms with Gasteiger partial charge in [-0.15, -0.1) is 11.3 Å². The second-order valence-corrected chi connectivity index (χ2v) is 9.48. The van der Waals surface area contributed by atoms with Crippen molar-refractivity contribution in [2.75, 3.05) is 36.4 Å². The largest absolute Gasteiger partial charge is 0.368 e. The zero-order valence-corrected chi connectivity index (χ0v) is 19.7. The van der Waals surface area contributed by atoms with Crippen molar-refractivity contribution in [2.45, 2.75) is 0 Å². The first-order valence-corrected chi connectivity index (χ1v) is 11.8. The Kier molecular flexibility index (Phi) is 6.60. The summed E-state index contributed by atoms with van der Waals surface area (Å²) in [5, 5.41) is 5.25. The van der Waals surface area contributed by atoms with E-state index >= 15 is 0 Å². The lowest BCUT2D eigenvalue weighted by molar-refractivity contribution is 0.0751. The predicted octanol–water partition coefficient (Wildman–Crippen LogP) is 5.22. The zero-order chi connectivity index (χ0) is 21.1. The van der Waals surface area contributed by atoms with E-state index in [-0.39, 0.29) is 11.8 Å². The highest BCUT2D eigenvalue weighted by atomic mass is 127. The Hall–Kier alpha value is -2.10. The Balaban J connectivity index is 1.35. The summed E-state index contributed by atoms with van der Waals surface area (Å²) in [6.07, 6.45) is 0. The third kappa shape index (κ3) is 4.79. The van der Waals surface area contributed by atoms with Crippen LogP contribution in [0.3, 0.4) is 0 Å². The van der Waals surface area contributed by atoms with Crippen molar-refractivity contribution >= 4 is 68.7 Å². The molecule has 0 bridgehead atoms. The fraction of sp³-hybridized carbons (Fsp3) is 0.182. The number of nitrogens with zero attached hydrogens (tertiary/aromatic N) is 2. The number of piperazine rings is 1. The van der Waals surface area contributed by atoms with E-state index in [2.05, 4.69) is 32.8 Å². The topological polar surface area (TPSA) is 52.7 Å². The second-order valence-electron chi connectivity index (χ2n) is 6.88. The molecule has 1 saturated heterocycles. The van der Waals surface area contributed by atoms with Crippen molar-refractivity contribution < 1.29 is 9.59 Å². The average Bonchev–Trinajstić information content (AvgIpc) is 3.30. The summed E-state index contributed by atoms with van der Waals surface area (Å²) in [7, 11) is 0. The van der Waals surface area contributed by atoms with Gasteiger partial charge in [-0.3, -0.25) is 9.59 Å². The van der Waals surface area contributed by atoms with Crippen LogP contribution in [0, 0.1) is 3.57 Å². The average molecular weight is 552 g/mol. The number of hydrogen-bond donors (Lipinski definition) is 1. The summed E-state index contributed by atoms with van der Waals surface area (Å²) < 4.78 is 0.953. The molecule has 0 unspecified atom stereocenters. The molecular formula is C22H19ClIN3O2S. The van der Waals surface area contributed by atoms with Gasteiger partial charge in [0.2, 0.25) is 0 Å². The molecule has 1 fully saturated rings. The molecule has 2 heterocycles.